The van der Waals surface area contributed by atoms with Crippen molar-refractivity contribution in [3.8, 4) is 0 Å². The molecule has 4 saturated heterocycles. The number of methoxy groups -OCH3 is 1. The van der Waals surface area contributed by atoms with Gasteiger partial charge in [-0.2, -0.15) is 0 Å². The summed E-state index contributed by atoms with van der Waals surface area (Å²) in [5.74, 6) is 0.938. The monoisotopic (exact) mass is 541 g/mol. The van der Waals surface area contributed by atoms with Gasteiger partial charge in [0.2, 0.25) is 0 Å². The van der Waals surface area contributed by atoms with Gasteiger partial charge in [-0.3, -0.25) is 0 Å². The normalized spacial score (nSPS) is 41.9. The molecule has 2 N–H and O–H groups in total. The van der Waals surface area contributed by atoms with Crippen LogP contribution in [-0.4, -0.2) is 63.2 Å². The van der Waals surface area contributed by atoms with E-state index in [9.17, 15) is 0 Å². The molecule has 0 saturated carbocycles. The van der Waals surface area contributed by atoms with Gasteiger partial charge in [-0.15, -0.1) is 0 Å². The van der Waals surface area contributed by atoms with Crippen molar-refractivity contribution in [3.63, 3.8) is 0 Å². The number of hydrogen-bond acceptors (Lipinski definition) is 8. The number of fused-ring (bicyclic) bond motifs is 2. The molecular weight excluding hydrogens is 498 g/mol. The van der Waals surface area contributed by atoms with Crippen LogP contribution in [0.4, 0.5) is 0 Å². The van der Waals surface area contributed by atoms with Gasteiger partial charge in [-0.25, -0.2) is 0 Å². The van der Waals surface area contributed by atoms with Gasteiger partial charge in [0.05, 0.1) is 31.5 Å². The lowest BCUT2D eigenvalue weighted by Crippen LogP contribution is -2.59. The molecule has 4 aliphatic heterocycles. The number of rotatable bonds is 3. The van der Waals surface area contributed by atoms with E-state index >= 15 is 0 Å². The first-order valence-electron chi connectivity index (χ1n) is 14.1. The Hall–Kier alpha value is -1.88. The molecule has 12 atom stereocenters. The molecule has 2 aromatic carbocycles. The summed E-state index contributed by atoms with van der Waals surface area (Å²) < 4.78 is 41.0. The molecule has 8 nitrogen and oxygen atoms in total. The molecule has 8 heteroatoms. The average Bonchev–Trinajstić information content (AvgIpc) is 2.99. The van der Waals surface area contributed by atoms with Gasteiger partial charge in [-0.1, -0.05) is 81.4 Å². The first-order valence-corrected chi connectivity index (χ1v) is 14.1. The Morgan fingerprint density at radius 1 is 0.641 bits per heavy atom. The Labute approximate surface area is 232 Å². The molecule has 4 fully saturated rings. The minimum absolute atomic E-state index is 0.00477. The molecule has 2 aromatic rings. The van der Waals surface area contributed by atoms with E-state index in [1.54, 1.807) is 7.11 Å². The van der Waals surface area contributed by atoms with Crippen molar-refractivity contribution in [2.24, 2.45) is 23.5 Å². The molecule has 39 heavy (non-hydrogen) atoms. The van der Waals surface area contributed by atoms with Gasteiger partial charge < -0.3 is 38.9 Å². The minimum atomic E-state index is -0.311. The van der Waals surface area contributed by atoms with E-state index in [4.69, 9.17) is 38.9 Å². The first kappa shape index (κ1) is 28.6. The van der Waals surface area contributed by atoms with Gasteiger partial charge in [-0.05, 0) is 12.8 Å². The fourth-order valence-electron chi connectivity index (χ4n) is 5.95. The SMILES string of the molecule is CO[C@H]1OC2COC(c3ccccc3)O[C@H]2[C@H](C)C1C.C[C@@H]1C(N)[C@@H](C)OC2COC(c3ccccc3)O[C@H]21. The fraction of sp³-hybridized carbons (Fsp3) is 0.613. The van der Waals surface area contributed by atoms with E-state index in [0.717, 1.165) is 11.1 Å². The fourth-order valence-corrected chi connectivity index (χ4v) is 5.95. The van der Waals surface area contributed by atoms with Crippen LogP contribution < -0.4 is 5.73 Å². The van der Waals surface area contributed by atoms with Crippen LogP contribution in [0.2, 0.25) is 0 Å². The molecule has 0 aromatic heterocycles. The van der Waals surface area contributed by atoms with Crippen LogP contribution in [0.3, 0.4) is 0 Å². The Morgan fingerprint density at radius 3 is 1.64 bits per heavy atom. The molecule has 4 aliphatic rings. The maximum absolute atomic E-state index is 6.17. The molecule has 0 amide bonds. The third-order valence-corrected chi connectivity index (χ3v) is 8.64. The van der Waals surface area contributed by atoms with Crippen molar-refractivity contribution < 1.29 is 33.2 Å². The van der Waals surface area contributed by atoms with Crippen molar-refractivity contribution >= 4 is 0 Å². The summed E-state index contributed by atoms with van der Waals surface area (Å²) in [5.41, 5.74) is 8.26. The number of benzene rings is 2. The summed E-state index contributed by atoms with van der Waals surface area (Å²) >= 11 is 0. The number of hydrogen-bond donors (Lipinski definition) is 1. The second kappa shape index (κ2) is 12.7. The quantitative estimate of drug-likeness (QED) is 0.603. The van der Waals surface area contributed by atoms with E-state index in [0.29, 0.717) is 25.0 Å². The third kappa shape index (κ3) is 6.24. The predicted octanol–water partition coefficient (Wildman–Crippen LogP) is 4.60. The Balaban J connectivity index is 0.000000158. The molecular formula is C31H43NO7. The van der Waals surface area contributed by atoms with Crippen LogP contribution in [0, 0.1) is 17.8 Å². The Kier molecular flexibility index (Phi) is 9.36. The van der Waals surface area contributed by atoms with Crippen molar-refractivity contribution in [2.45, 2.75) is 83.1 Å². The molecule has 214 valence electrons. The van der Waals surface area contributed by atoms with Gasteiger partial charge in [0, 0.05) is 36.1 Å². The molecule has 0 radical (unpaired) electrons. The van der Waals surface area contributed by atoms with Gasteiger partial charge in [0.15, 0.2) is 18.9 Å². The van der Waals surface area contributed by atoms with E-state index < -0.39 is 0 Å². The van der Waals surface area contributed by atoms with E-state index in [-0.39, 0.29) is 61.3 Å². The van der Waals surface area contributed by atoms with Gasteiger partial charge in [0.1, 0.15) is 12.2 Å². The Bertz CT molecular complexity index is 1020. The second-order valence-corrected chi connectivity index (χ2v) is 11.2. The van der Waals surface area contributed by atoms with Crippen molar-refractivity contribution in [1.29, 1.82) is 0 Å². The minimum Gasteiger partial charge on any atom is -0.369 e. The van der Waals surface area contributed by atoms with E-state index in [1.807, 2.05) is 67.6 Å². The smallest absolute Gasteiger partial charge is 0.184 e. The lowest BCUT2D eigenvalue weighted by atomic mass is 9.84. The number of ether oxygens (including phenoxy) is 7. The van der Waals surface area contributed by atoms with Crippen molar-refractivity contribution in [1.82, 2.24) is 0 Å². The average molecular weight is 542 g/mol. The van der Waals surface area contributed by atoms with Crippen LogP contribution >= 0.6 is 0 Å². The molecule has 0 spiro atoms. The van der Waals surface area contributed by atoms with Crippen molar-refractivity contribution in [2.75, 3.05) is 20.3 Å². The maximum atomic E-state index is 6.17. The van der Waals surface area contributed by atoms with Crippen molar-refractivity contribution in [3.05, 3.63) is 71.8 Å². The highest BCUT2D eigenvalue weighted by Gasteiger charge is 2.47. The van der Waals surface area contributed by atoms with E-state index in [1.165, 1.54) is 0 Å². The molecule has 6 rings (SSSR count). The molecule has 0 bridgehead atoms. The lowest BCUT2D eigenvalue weighted by Gasteiger charge is -2.47. The Morgan fingerprint density at radius 2 is 1.13 bits per heavy atom. The summed E-state index contributed by atoms with van der Waals surface area (Å²) in [4.78, 5) is 0. The highest BCUT2D eigenvalue weighted by molar-refractivity contribution is 5.17. The highest BCUT2D eigenvalue weighted by Crippen LogP contribution is 2.39. The summed E-state index contributed by atoms with van der Waals surface area (Å²) in [6.45, 7) is 9.60. The third-order valence-electron chi connectivity index (χ3n) is 8.64. The first-order chi connectivity index (χ1) is 18.9. The largest absolute Gasteiger partial charge is 0.369 e. The molecule has 6 unspecified atom stereocenters. The van der Waals surface area contributed by atoms with E-state index in [2.05, 4.69) is 20.8 Å². The summed E-state index contributed by atoms with van der Waals surface area (Å²) in [5, 5.41) is 0. The zero-order valence-electron chi connectivity index (χ0n) is 23.6. The highest BCUT2D eigenvalue weighted by atomic mass is 16.7. The van der Waals surface area contributed by atoms with Gasteiger partial charge >= 0.3 is 0 Å². The van der Waals surface area contributed by atoms with Crippen LogP contribution in [0.5, 0.6) is 0 Å². The zero-order valence-corrected chi connectivity index (χ0v) is 23.6. The van der Waals surface area contributed by atoms with Crippen LogP contribution in [0.1, 0.15) is 51.4 Å². The van der Waals surface area contributed by atoms with Crippen LogP contribution in [-0.2, 0) is 33.2 Å². The topological polar surface area (TPSA) is 90.6 Å². The van der Waals surface area contributed by atoms with Crippen LogP contribution in [0.25, 0.3) is 0 Å². The number of nitrogens with two attached hydrogens (primary N) is 1. The summed E-state index contributed by atoms with van der Waals surface area (Å²) in [6, 6.07) is 20.1. The summed E-state index contributed by atoms with van der Waals surface area (Å²) in [7, 11) is 1.69. The van der Waals surface area contributed by atoms with Gasteiger partial charge in [0.25, 0.3) is 0 Å². The zero-order chi connectivity index (χ0) is 27.5. The lowest BCUT2D eigenvalue weighted by molar-refractivity contribution is -0.339. The second-order valence-electron chi connectivity index (χ2n) is 11.2. The molecule has 0 aliphatic carbocycles. The standard InChI is InChI=1S/C16H22O4.C15H21NO3/c1-10-11(2)15(17-3)19-13-9-18-16(20-14(10)13)12-7-5-4-6-8-12;1-9-13(16)10(2)18-12-8-17-15(19-14(9)12)11-6-4-3-5-7-11/h4-8,10-11,13-16H,9H2,1-3H3;3-7,9-10,12-15H,8,16H2,1-2H3/t10-,11?,13?,14+,15+,16?;9-,10-,12?,13?,14+,15?/m11/s1. The van der Waals surface area contributed by atoms with Crippen LogP contribution in [0.15, 0.2) is 60.7 Å². The maximum Gasteiger partial charge on any atom is 0.184 e. The molecule has 4 heterocycles. The summed E-state index contributed by atoms with van der Waals surface area (Å²) in [6.07, 6.45) is -0.733. The predicted molar refractivity (Wildman–Crippen MR) is 145 cm³/mol.